The maximum Gasteiger partial charge on any atom is 0.265 e. The molecule has 98 valence electrons. The normalized spacial score (nSPS) is 12.8. The van der Waals surface area contributed by atoms with Crippen LogP contribution in [0.4, 0.5) is 0 Å². The van der Waals surface area contributed by atoms with E-state index in [2.05, 4.69) is 6.58 Å². The molecule has 1 unspecified atom stereocenters. The topological polar surface area (TPSA) is 33.1 Å². The Labute approximate surface area is 122 Å². The number of hydrogen-bond acceptors (Lipinski definition) is 2. The van der Waals surface area contributed by atoms with Gasteiger partial charge in [-0.25, -0.2) is 0 Å². The molecule has 0 aliphatic heterocycles. The number of alkyl halides is 3. The van der Waals surface area contributed by atoms with E-state index in [1.807, 2.05) is 30.3 Å². The zero-order chi connectivity index (χ0) is 13.6. The van der Waals surface area contributed by atoms with Gasteiger partial charge in [-0.3, -0.25) is 5.41 Å². The van der Waals surface area contributed by atoms with Gasteiger partial charge in [0, 0.05) is 0 Å². The van der Waals surface area contributed by atoms with Crippen molar-refractivity contribution in [3.63, 3.8) is 0 Å². The van der Waals surface area contributed by atoms with Crippen molar-refractivity contribution < 1.29 is 4.74 Å². The summed E-state index contributed by atoms with van der Waals surface area (Å²) in [6.45, 7) is 3.66. The van der Waals surface area contributed by atoms with E-state index in [4.69, 9.17) is 44.9 Å². The van der Waals surface area contributed by atoms with Crippen molar-refractivity contribution >= 4 is 40.7 Å². The molecule has 0 spiro atoms. The molecule has 0 aliphatic rings. The van der Waals surface area contributed by atoms with Crippen LogP contribution in [-0.2, 0) is 11.2 Å². The predicted molar refractivity (Wildman–Crippen MR) is 77.8 cm³/mol. The van der Waals surface area contributed by atoms with E-state index in [-0.39, 0.29) is 12.0 Å². The van der Waals surface area contributed by atoms with Crippen LogP contribution in [0.5, 0.6) is 0 Å². The van der Waals surface area contributed by atoms with Crippen molar-refractivity contribution in [2.45, 2.75) is 22.7 Å². The third-order valence-corrected chi connectivity index (χ3v) is 2.86. The third-order valence-electron chi connectivity index (χ3n) is 2.35. The Balaban J connectivity index is 2.48. The fourth-order valence-corrected chi connectivity index (χ4v) is 1.53. The summed E-state index contributed by atoms with van der Waals surface area (Å²) in [5.41, 5.74) is 1.19. The maximum atomic E-state index is 7.49. The van der Waals surface area contributed by atoms with Crippen LogP contribution in [0.2, 0.25) is 0 Å². The van der Waals surface area contributed by atoms with E-state index in [0.717, 1.165) is 6.42 Å². The summed E-state index contributed by atoms with van der Waals surface area (Å²) in [7, 11) is 0. The second-order valence-electron chi connectivity index (χ2n) is 3.74. The molecule has 0 fully saturated rings. The summed E-state index contributed by atoms with van der Waals surface area (Å²) in [4.78, 5) is 0. The smallest absolute Gasteiger partial charge is 0.265 e. The number of nitrogens with one attached hydrogen (secondary N) is 1. The summed E-state index contributed by atoms with van der Waals surface area (Å²) in [6.07, 6.45) is 2.75. The highest BCUT2D eigenvalue weighted by molar-refractivity contribution is 6.76. The molecule has 0 bridgehead atoms. The van der Waals surface area contributed by atoms with Gasteiger partial charge in [0.2, 0.25) is 5.90 Å². The van der Waals surface area contributed by atoms with Crippen LogP contribution in [0.1, 0.15) is 12.0 Å². The van der Waals surface area contributed by atoms with Crippen molar-refractivity contribution in [2.75, 3.05) is 0 Å². The molecule has 1 atom stereocenters. The molecule has 1 rings (SSSR count). The predicted octanol–water partition coefficient (Wildman–Crippen LogP) is 4.54. The molecular weight excluding hydrogens is 293 g/mol. The van der Waals surface area contributed by atoms with Crippen molar-refractivity contribution in [3.8, 4) is 0 Å². The van der Waals surface area contributed by atoms with Crippen LogP contribution >= 0.6 is 34.8 Å². The fourth-order valence-electron chi connectivity index (χ4n) is 1.40. The molecule has 1 aromatic carbocycles. The van der Waals surface area contributed by atoms with Gasteiger partial charge in [-0.05, 0) is 18.4 Å². The van der Waals surface area contributed by atoms with Crippen molar-refractivity contribution in [2.24, 2.45) is 0 Å². The molecule has 1 aromatic rings. The van der Waals surface area contributed by atoms with Gasteiger partial charge in [-0.2, -0.15) is 0 Å². The monoisotopic (exact) mass is 305 g/mol. The minimum Gasteiger partial charge on any atom is -0.471 e. The highest BCUT2D eigenvalue weighted by Crippen LogP contribution is 2.28. The van der Waals surface area contributed by atoms with Gasteiger partial charge >= 0.3 is 0 Å². The van der Waals surface area contributed by atoms with Gasteiger partial charge < -0.3 is 4.74 Å². The van der Waals surface area contributed by atoms with Gasteiger partial charge in [0.05, 0.1) is 0 Å². The van der Waals surface area contributed by atoms with E-state index >= 15 is 0 Å². The first-order valence-corrected chi connectivity index (χ1v) is 6.55. The van der Waals surface area contributed by atoms with Crippen LogP contribution in [-0.4, -0.2) is 15.8 Å². The van der Waals surface area contributed by atoms with Crippen molar-refractivity contribution in [1.82, 2.24) is 0 Å². The second-order valence-corrected chi connectivity index (χ2v) is 6.02. The van der Waals surface area contributed by atoms with E-state index in [1.165, 1.54) is 5.56 Å². The number of benzene rings is 1. The van der Waals surface area contributed by atoms with E-state index in [1.54, 1.807) is 6.08 Å². The molecule has 2 nitrogen and oxygen atoms in total. The highest BCUT2D eigenvalue weighted by atomic mass is 35.6. The number of aryl methyl sites for hydroxylation is 1. The lowest BCUT2D eigenvalue weighted by Gasteiger charge is -2.19. The minimum atomic E-state index is -1.83. The lowest BCUT2D eigenvalue weighted by Crippen LogP contribution is -2.26. The number of hydrogen-bond donors (Lipinski definition) is 1. The standard InChI is InChI=1S/C13H14Cl3NO/c1-2-11(18-12(17)13(14,15)16)9-8-10-6-4-3-5-7-10/h2-7,11,17H,1,8-9H2. The molecule has 0 amide bonds. The van der Waals surface area contributed by atoms with Gasteiger partial charge in [0.25, 0.3) is 3.79 Å². The summed E-state index contributed by atoms with van der Waals surface area (Å²) >= 11 is 16.6. The molecule has 0 radical (unpaired) electrons. The Kier molecular flexibility index (Phi) is 6.00. The Morgan fingerprint density at radius 3 is 2.44 bits per heavy atom. The Morgan fingerprint density at radius 1 is 1.33 bits per heavy atom. The van der Waals surface area contributed by atoms with Crippen LogP contribution in [0.15, 0.2) is 43.0 Å². The molecule has 0 aliphatic carbocycles. The molecular formula is C13H14Cl3NO. The van der Waals surface area contributed by atoms with E-state index < -0.39 is 3.79 Å². The molecule has 0 aromatic heterocycles. The first kappa shape index (κ1) is 15.4. The molecule has 18 heavy (non-hydrogen) atoms. The Bertz CT molecular complexity index is 400. The average Bonchev–Trinajstić information content (AvgIpc) is 2.34. The molecule has 0 saturated heterocycles. The van der Waals surface area contributed by atoms with Gasteiger partial charge in [0.1, 0.15) is 6.10 Å². The lowest BCUT2D eigenvalue weighted by molar-refractivity contribution is 0.219. The van der Waals surface area contributed by atoms with Crippen LogP contribution < -0.4 is 0 Å². The van der Waals surface area contributed by atoms with Crippen molar-refractivity contribution in [1.29, 1.82) is 5.41 Å². The lowest BCUT2D eigenvalue weighted by atomic mass is 10.1. The van der Waals surface area contributed by atoms with Gasteiger partial charge in [-0.1, -0.05) is 77.8 Å². The summed E-state index contributed by atoms with van der Waals surface area (Å²) in [5.74, 6) is -0.384. The molecule has 1 N–H and O–H groups in total. The quantitative estimate of drug-likeness (QED) is 0.368. The average molecular weight is 307 g/mol. The summed E-state index contributed by atoms with van der Waals surface area (Å²) < 4.78 is 3.43. The molecule has 5 heteroatoms. The first-order chi connectivity index (χ1) is 8.43. The zero-order valence-corrected chi connectivity index (χ0v) is 12.0. The SMILES string of the molecule is C=CC(CCc1ccccc1)OC(=N)C(Cl)(Cl)Cl. The number of rotatable bonds is 5. The van der Waals surface area contributed by atoms with E-state index in [9.17, 15) is 0 Å². The van der Waals surface area contributed by atoms with E-state index in [0.29, 0.717) is 6.42 Å². The summed E-state index contributed by atoms with van der Waals surface area (Å²) in [6, 6.07) is 9.97. The third kappa shape index (κ3) is 5.30. The summed E-state index contributed by atoms with van der Waals surface area (Å²) in [5, 5.41) is 7.49. The molecule has 0 saturated carbocycles. The number of halogens is 3. The van der Waals surface area contributed by atoms with Crippen LogP contribution in [0, 0.1) is 5.41 Å². The minimum absolute atomic E-state index is 0.340. The molecule has 0 heterocycles. The zero-order valence-electron chi connectivity index (χ0n) is 9.70. The number of ether oxygens (including phenoxy) is 1. The maximum absolute atomic E-state index is 7.49. The first-order valence-electron chi connectivity index (χ1n) is 5.42. The highest BCUT2D eigenvalue weighted by Gasteiger charge is 2.30. The fraction of sp³-hybridized carbons (Fsp3) is 0.308. The van der Waals surface area contributed by atoms with Crippen molar-refractivity contribution in [3.05, 3.63) is 48.6 Å². The Hall–Kier alpha value is -0.700. The van der Waals surface area contributed by atoms with Crippen LogP contribution in [0.25, 0.3) is 0 Å². The van der Waals surface area contributed by atoms with Crippen LogP contribution in [0.3, 0.4) is 0 Å². The largest absolute Gasteiger partial charge is 0.471 e. The Morgan fingerprint density at radius 2 is 1.94 bits per heavy atom. The van der Waals surface area contributed by atoms with Gasteiger partial charge in [0.15, 0.2) is 0 Å². The van der Waals surface area contributed by atoms with Gasteiger partial charge in [-0.15, -0.1) is 0 Å². The second kappa shape index (κ2) is 7.03.